The van der Waals surface area contributed by atoms with Gasteiger partial charge in [-0.1, -0.05) is 0 Å². The van der Waals surface area contributed by atoms with Gasteiger partial charge < -0.3 is 15.1 Å². The smallest absolute Gasteiger partial charge is 0.287 e. The van der Waals surface area contributed by atoms with Crippen LogP contribution in [0, 0.1) is 5.82 Å². The fourth-order valence-corrected chi connectivity index (χ4v) is 2.58. The van der Waals surface area contributed by atoms with Crippen molar-refractivity contribution < 1.29 is 13.6 Å². The van der Waals surface area contributed by atoms with Gasteiger partial charge in [0.2, 0.25) is 0 Å². The Morgan fingerprint density at radius 2 is 1.91 bits per heavy atom. The number of rotatable bonds is 5. The molecule has 1 aliphatic rings. The molecule has 2 aromatic rings. The molecule has 0 saturated carbocycles. The summed E-state index contributed by atoms with van der Waals surface area (Å²) in [5.74, 6) is 0.293. The zero-order chi connectivity index (χ0) is 16.1. The topological polar surface area (TPSA) is 57.5 Å². The molecular formula is C17H20FN3O2. The maximum absolute atomic E-state index is 12.9. The van der Waals surface area contributed by atoms with Crippen molar-refractivity contribution in [3.05, 3.63) is 48.0 Å². The highest BCUT2D eigenvalue weighted by atomic mass is 19.1. The molecular weight excluding hydrogens is 297 g/mol. The zero-order valence-corrected chi connectivity index (χ0v) is 12.8. The van der Waals surface area contributed by atoms with E-state index >= 15 is 0 Å². The Hall–Kier alpha value is -2.18. The van der Waals surface area contributed by atoms with Crippen molar-refractivity contribution in [1.82, 2.24) is 15.5 Å². The van der Waals surface area contributed by atoms with E-state index in [1.54, 1.807) is 24.3 Å². The van der Waals surface area contributed by atoms with Crippen LogP contribution in [-0.2, 0) is 0 Å². The van der Waals surface area contributed by atoms with E-state index in [1.165, 1.54) is 12.1 Å². The van der Waals surface area contributed by atoms with Crippen LogP contribution in [0.3, 0.4) is 0 Å². The minimum atomic E-state index is -0.300. The fraction of sp³-hybridized carbons (Fsp3) is 0.353. The summed E-state index contributed by atoms with van der Waals surface area (Å²) in [4.78, 5) is 14.4. The number of amides is 1. The van der Waals surface area contributed by atoms with E-state index in [0.29, 0.717) is 12.3 Å². The summed E-state index contributed by atoms with van der Waals surface area (Å²) in [5.41, 5.74) is 0.742. The molecule has 1 aliphatic heterocycles. The van der Waals surface area contributed by atoms with Crippen LogP contribution in [0.1, 0.15) is 10.6 Å². The van der Waals surface area contributed by atoms with Gasteiger partial charge in [0.15, 0.2) is 5.76 Å². The van der Waals surface area contributed by atoms with Crippen molar-refractivity contribution >= 4 is 5.91 Å². The van der Waals surface area contributed by atoms with Gasteiger partial charge in [-0.15, -0.1) is 0 Å². The Kier molecular flexibility index (Phi) is 5.05. The molecule has 0 bridgehead atoms. The van der Waals surface area contributed by atoms with Gasteiger partial charge in [-0.2, -0.15) is 0 Å². The van der Waals surface area contributed by atoms with E-state index in [-0.39, 0.29) is 17.5 Å². The van der Waals surface area contributed by atoms with Crippen LogP contribution in [0.4, 0.5) is 4.39 Å². The first-order valence-electron chi connectivity index (χ1n) is 7.79. The number of carbonyl (C=O) groups is 1. The van der Waals surface area contributed by atoms with Gasteiger partial charge in [0.05, 0.1) is 0 Å². The lowest BCUT2D eigenvalue weighted by Crippen LogP contribution is -2.46. The second-order valence-electron chi connectivity index (χ2n) is 5.52. The Labute approximate surface area is 134 Å². The third-order valence-corrected chi connectivity index (χ3v) is 3.88. The predicted molar refractivity (Wildman–Crippen MR) is 85.7 cm³/mol. The summed E-state index contributed by atoms with van der Waals surface area (Å²) in [7, 11) is 0. The second-order valence-corrected chi connectivity index (χ2v) is 5.52. The van der Waals surface area contributed by atoms with Crippen LogP contribution in [0.25, 0.3) is 11.3 Å². The molecule has 0 aliphatic carbocycles. The van der Waals surface area contributed by atoms with E-state index < -0.39 is 0 Å². The first-order chi connectivity index (χ1) is 11.2. The molecule has 6 heteroatoms. The van der Waals surface area contributed by atoms with Gasteiger partial charge in [-0.25, -0.2) is 4.39 Å². The highest BCUT2D eigenvalue weighted by Crippen LogP contribution is 2.22. The van der Waals surface area contributed by atoms with E-state index in [4.69, 9.17) is 4.42 Å². The molecule has 1 amide bonds. The Morgan fingerprint density at radius 1 is 1.17 bits per heavy atom. The molecule has 2 N–H and O–H groups in total. The molecule has 3 rings (SSSR count). The molecule has 1 aromatic heterocycles. The second kappa shape index (κ2) is 7.39. The third-order valence-electron chi connectivity index (χ3n) is 3.88. The molecule has 2 heterocycles. The number of piperazine rings is 1. The Balaban J connectivity index is 1.52. The van der Waals surface area contributed by atoms with Crippen LogP contribution in [0.15, 0.2) is 40.8 Å². The summed E-state index contributed by atoms with van der Waals surface area (Å²) in [5, 5.41) is 6.16. The monoisotopic (exact) mass is 317 g/mol. The van der Waals surface area contributed by atoms with Gasteiger partial charge in [0.1, 0.15) is 11.6 Å². The third kappa shape index (κ3) is 4.18. The molecule has 0 radical (unpaired) electrons. The van der Waals surface area contributed by atoms with E-state index in [1.807, 2.05) is 0 Å². The Morgan fingerprint density at radius 3 is 2.65 bits per heavy atom. The highest BCUT2D eigenvalue weighted by molar-refractivity contribution is 5.92. The van der Waals surface area contributed by atoms with Crippen molar-refractivity contribution in [3.63, 3.8) is 0 Å². The Bertz CT molecular complexity index is 648. The zero-order valence-electron chi connectivity index (χ0n) is 12.8. The average Bonchev–Trinajstić information content (AvgIpc) is 3.06. The summed E-state index contributed by atoms with van der Waals surface area (Å²) in [6.45, 7) is 5.42. The number of hydrogen-bond donors (Lipinski definition) is 2. The molecule has 5 nitrogen and oxygen atoms in total. The fourth-order valence-electron chi connectivity index (χ4n) is 2.58. The molecule has 122 valence electrons. The van der Waals surface area contributed by atoms with Gasteiger partial charge in [-0.3, -0.25) is 9.69 Å². The summed E-state index contributed by atoms with van der Waals surface area (Å²) >= 11 is 0. The number of hydrogen-bond acceptors (Lipinski definition) is 4. The van der Waals surface area contributed by atoms with E-state index in [0.717, 1.165) is 38.3 Å². The lowest BCUT2D eigenvalue weighted by atomic mass is 10.2. The summed E-state index contributed by atoms with van der Waals surface area (Å²) in [6.07, 6.45) is 0. The van der Waals surface area contributed by atoms with Gasteiger partial charge in [0, 0.05) is 44.8 Å². The maximum atomic E-state index is 12.9. The van der Waals surface area contributed by atoms with E-state index in [9.17, 15) is 9.18 Å². The number of nitrogens with one attached hydrogen (secondary N) is 2. The summed E-state index contributed by atoms with van der Waals surface area (Å²) in [6, 6.07) is 9.34. The quantitative estimate of drug-likeness (QED) is 0.882. The SMILES string of the molecule is O=C(NCCN1CCNCC1)c1ccc(-c2ccc(F)cc2)o1. The van der Waals surface area contributed by atoms with Crippen molar-refractivity contribution in [2.45, 2.75) is 0 Å². The van der Waals surface area contributed by atoms with Crippen LogP contribution >= 0.6 is 0 Å². The molecule has 1 saturated heterocycles. The standard InChI is InChI=1S/C17H20FN3O2/c18-14-3-1-13(2-4-14)15-5-6-16(23-15)17(22)20-9-12-21-10-7-19-8-11-21/h1-6,19H,7-12H2,(H,20,22). The first kappa shape index (κ1) is 15.7. The van der Waals surface area contributed by atoms with Crippen LogP contribution in [-0.4, -0.2) is 50.1 Å². The number of furan rings is 1. The van der Waals surface area contributed by atoms with Crippen molar-refractivity contribution in [1.29, 1.82) is 0 Å². The van der Waals surface area contributed by atoms with Crippen molar-refractivity contribution in [3.8, 4) is 11.3 Å². The minimum Gasteiger partial charge on any atom is -0.451 e. The molecule has 1 fully saturated rings. The molecule has 0 unspecified atom stereocenters. The predicted octanol–water partition coefficient (Wildman–Crippen LogP) is 1.72. The minimum absolute atomic E-state index is 0.228. The molecule has 0 spiro atoms. The highest BCUT2D eigenvalue weighted by Gasteiger charge is 2.13. The lowest BCUT2D eigenvalue weighted by Gasteiger charge is -2.26. The van der Waals surface area contributed by atoms with Gasteiger partial charge in [-0.05, 0) is 36.4 Å². The number of carbonyl (C=O) groups excluding carboxylic acids is 1. The van der Waals surface area contributed by atoms with Gasteiger partial charge >= 0.3 is 0 Å². The van der Waals surface area contributed by atoms with Crippen LogP contribution in [0.5, 0.6) is 0 Å². The number of halogens is 1. The number of benzene rings is 1. The number of nitrogens with zero attached hydrogens (tertiary/aromatic N) is 1. The molecule has 23 heavy (non-hydrogen) atoms. The molecule has 1 aromatic carbocycles. The van der Waals surface area contributed by atoms with Crippen molar-refractivity contribution in [2.24, 2.45) is 0 Å². The molecule has 0 atom stereocenters. The lowest BCUT2D eigenvalue weighted by molar-refractivity contribution is 0.0920. The van der Waals surface area contributed by atoms with Crippen LogP contribution in [0.2, 0.25) is 0 Å². The largest absolute Gasteiger partial charge is 0.451 e. The average molecular weight is 317 g/mol. The van der Waals surface area contributed by atoms with Gasteiger partial charge in [0.25, 0.3) is 5.91 Å². The normalized spacial score (nSPS) is 15.5. The summed E-state index contributed by atoms with van der Waals surface area (Å²) < 4.78 is 18.5. The van der Waals surface area contributed by atoms with Crippen LogP contribution < -0.4 is 10.6 Å². The van der Waals surface area contributed by atoms with Crippen molar-refractivity contribution in [2.75, 3.05) is 39.3 Å². The van der Waals surface area contributed by atoms with E-state index in [2.05, 4.69) is 15.5 Å². The maximum Gasteiger partial charge on any atom is 0.287 e. The first-order valence-corrected chi connectivity index (χ1v) is 7.79.